The lowest BCUT2D eigenvalue weighted by Crippen LogP contribution is -2.78. The number of likely N-dealkylation sites (N-methyl/N-ethyl adjacent to an activating group) is 1. The molecule has 5 aliphatic rings. The summed E-state index contributed by atoms with van der Waals surface area (Å²) in [5.41, 5.74) is 0.635. The Hall–Kier alpha value is -1.39. The van der Waals surface area contributed by atoms with Crippen LogP contribution in [0.25, 0.3) is 6.08 Å². The van der Waals surface area contributed by atoms with Gasteiger partial charge < -0.3 is 19.8 Å². The highest BCUT2D eigenvalue weighted by Gasteiger charge is 2.73. The number of phenolic OH excluding ortho intramolecular Hbond substituents is 1. The Morgan fingerprint density at radius 1 is 1.32 bits per heavy atom. The van der Waals surface area contributed by atoms with Crippen molar-refractivity contribution in [2.24, 2.45) is 5.92 Å². The van der Waals surface area contributed by atoms with E-state index in [0.29, 0.717) is 18.6 Å². The van der Waals surface area contributed by atoms with Crippen molar-refractivity contribution in [1.29, 1.82) is 0 Å². The van der Waals surface area contributed by atoms with Crippen molar-refractivity contribution in [3.05, 3.63) is 50.1 Å². The predicted octanol–water partition coefficient (Wildman–Crippen LogP) is 4.90. The molecule has 2 bridgehead atoms. The molecule has 0 unspecified atom stereocenters. The van der Waals surface area contributed by atoms with Gasteiger partial charge in [0.05, 0.1) is 17.1 Å². The third kappa shape index (κ3) is 3.71. The number of piperidine rings is 1. The molecule has 1 aromatic heterocycles. The molecule has 9 heteroatoms. The molecule has 3 heterocycles. The average Bonchev–Trinajstić information content (AvgIpc) is 3.46. The minimum atomic E-state index is -0.934. The fourth-order valence-corrected chi connectivity index (χ4v) is 9.04. The predicted molar refractivity (Wildman–Crippen MR) is 153 cm³/mol. The van der Waals surface area contributed by atoms with Crippen LogP contribution in [0.2, 0.25) is 0 Å². The Morgan fingerprint density at radius 2 is 2.14 bits per heavy atom. The number of aromatic hydroxyl groups is 1. The first kappa shape index (κ1) is 25.9. The van der Waals surface area contributed by atoms with E-state index in [1.54, 1.807) is 28.4 Å². The fourth-order valence-electron chi connectivity index (χ4n) is 7.70. The van der Waals surface area contributed by atoms with Crippen LogP contribution in [-0.4, -0.2) is 69.8 Å². The van der Waals surface area contributed by atoms with Crippen LogP contribution >= 0.6 is 44.2 Å². The first-order valence-corrected chi connectivity index (χ1v) is 14.7. The maximum absolute atomic E-state index is 13.3. The highest BCUT2D eigenvalue weighted by atomic mass is 79.9. The van der Waals surface area contributed by atoms with Crippen LogP contribution in [0.15, 0.2) is 34.1 Å². The zero-order valence-corrected chi connectivity index (χ0v) is 24.8. The second-order valence-electron chi connectivity index (χ2n) is 11.3. The Kier molecular flexibility index (Phi) is 6.35. The molecule has 2 N–H and O–H groups in total. The summed E-state index contributed by atoms with van der Waals surface area (Å²) < 4.78 is 7.61. The molecule has 2 aliphatic heterocycles. The molecule has 0 radical (unpaired) electrons. The van der Waals surface area contributed by atoms with Crippen LogP contribution < -0.4 is 4.74 Å². The van der Waals surface area contributed by atoms with E-state index >= 15 is 0 Å². The molecule has 1 aromatic carbocycles. The number of nitrogens with zero attached hydrogens (tertiary/aromatic N) is 2. The lowest BCUT2D eigenvalue weighted by molar-refractivity contribution is -0.200. The summed E-state index contributed by atoms with van der Waals surface area (Å²) in [6.07, 6.45) is 8.52. The van der Waals surface area contributed by atoms with Crippen LogP contribution in [0, 0.1) is 5.92 Å². The number of carbonyl (C=O) groups is 1. The van der Waals surface area contributed by atoms with E-state index in [-0.39, 0.29) is 46.8 Å². The number of benzene rings is 1. The minimum absolute atomic E-state index is 0. The van der Waals surface area contributed by atoms with Gasteiger partial charge in [0, 0.05) is 46.0 Å². The number of hydrogen-bond acceptors (Lipinski definition) is 6. The van der Waals surface area contributed by atoms with E-state index in [0.717, 1.165) is 46.8 Å². The van der Waals surface area contributed by atoms with Crippen molar-refractivity contribution in [1.82, 2.24) is 9.80 Å². The molecule has 3 aliphatic carbocycles. The Bertz CT molecular complexity index is 1280. The van der Waals surface area contributed by atoms with Crippen molar-refractivity contribution in [3.63, 3.8) is 0 Å². The molecule has 6 nitrogen and oxygen atoms in total. The molecule has 1 spiro atoms. The van der Waals surface area contributed by atoms with Gasteiger partial charge in [0.2, 0.25) is 5.91 Å². The van der Waals surface area contributed by atoms with Crippen molar-refractivity contribution in [2.45, 2.75) is 67.7 Å². The largest absolute Gasteiger partial charge is 0.504 e. The minimum Gasteiger partial charge on any atom is -0.504 e. The molecule has 2 aromatic rings. The summed E-state index contributed by atoms with van der Waals surface area (Å²) in [6, 6.07) is 5.60. The smallest absolute Gasteiger partial charge is 0.246 e. The molecule has 1 amide bonds. The van der Waals surface area contributed by atoms with Crippen molar-refractivity contribution >= 4 is 56.2 Å². The van der Waals surface area contributed by atoms with Crippen molar-refractivity contribution in [3.8, 4) is 11.5 Å². The summed E-state index contributed by atoms with van der Waals surface area (Å²) in [7, 11) is 1.85. The second kappa shape index (κ2) is 9.08. The summed E-state index contributed by atoms with van der Waals surface area (Å²) in [4.78, 5) is 18.6. The van der Waals surface area contributed by atoms with Gasteiger partial charge in [0.15, 0.2) is 11.5 Å². The first-order chi connectivity index (χ1) is 17.3. The molecule has 3 fully saturated rings. The topological polar surface area (TPSA) is 73.2 Å². The van der Waals surface area contributed by atoms with Crippen molar-refractivity contribution in [2.75, 3.05) is 20.1 Å². The molecule has 2 saturated carbocycles. The molecule has 7 rings (SSSR count). The van der Waals surface area contributed by atoms with Gasteiger partial charge in [-0.2, -0.15) is 0 Å². The number of rotatable bonds is 5. The van der Waals surface area contributed by atoms with E-state index in [2.05, 4.69) is 20.8 Å². The highest BCUT2D eigenvalue weighted by molar-refractivity contribution is 9.10. The SMILES string of the molecule is Br.CN(C(=O)/C=C/c1cc(Br)cs1)[C@@H]1CC[C@@]2(O)[C@H]3Cc4ccc(O)c5c4[C@@]2(CCN3CC2CC2)[C@H]1O5. The highest BCUT2D eigenvalue weighted by Crippen LogP contribution is 2.66. The summed E-state index contributed by atoms with van der Waals surface area (Å²) >= 11 is 5.05. The summed E-state index contributed by atoms with van der Waals surface area (Å²) in [5.74, 6) is 1.34. The van der Waals surface area contributed by atoms with Gasteiger partial charge in [0.1, 0.15) is 6.10 Å². The van der Waals surface area contributed by atoms with Gasteiger partial charge in [-0.1, -0.05) is 6.07 Å². The molecule has 1 saturated heterocycles. The maximum atomic E-state index is 13.3. The maximum Gasteiger partial charge on any atom is 0.246 e. The molecule has 37 heavy (non-hydrogen) atoms. The van der Waals surface area contributed by atoms with Crippen LogP contribution in [0.4, 0.5) is 0 Å². The third-order valence-electron chi connectivity index (χ3n) is 9.55. The second-order valence-corrected chi connectivity index (χ2v) is 13.2. The van der Waals surface area contributed by atoms with E-state index < -0.39 is 11.0 Å². The summed E-state index contributed by atoms with van der Waals surface area (Å²) in [6.45, 7) is 1.97. The standard InChI is InChI=1S/C28H31BrN2O4S.BrH/c1-30(23(33)7-5-19-13-18(29)15-36-19)20-8-9-28(34)22-12-17-4-6-21(32)25-24(17)27(28,26(20)35-25)10-11-31(22)14-16-2-3-16;/h4-7,13,15-16,20,22,26,32,34H,2-3,8-12,14H2,1H3;1H/b7-5+;/t20-,22-,26+,27+,28-;/m1./s1. The number of amides is 1. The van der Waals surface area contributed by atoms with Gasteiger partial charge in [0.25, 0.3) is 0 Å². The zero-order chi connectivity index (χ0) is 24.8. The first-order valence-electron chi connectivity index (χ1n) is 13.0. The number of aliphatic hydroxyl groups is 1. The number of likely N-dealkylation sites (tertiary alicyclic amines) is 1. The summed E-state index contributed by atoms with van der Waals surface area (Å²) in [5, 5.41) is 25.4. The quantitative estimate of drug-likeness (QED) is 0.450. The molecule has 198 valence electrons. The number of ether oxygens (including phenoxy) is 1. The van der Waals surface area contributed by atoms with Crippen LogP contribution in [0.5, 0.6) is 11.5 Å². The van der Waals surface area contributed by atoms with Gasteiger partial charge >= 0.3 is 0 Å². The van der Waals surface area contributed by atoms with E-state index in [4.69, 9.17) is 4.74 Å². The Balaban J connectivity index is 0.00000252. The normalized spacial score (nSPS) is 33.5. The number of hydrogen-bond donors (Lipinski definition) is 2. The average molecular weight is 652 g/mol. The number of thiophene rings is 1. The number of phenols is 1. The molecular weight excluding hydrogens is 620 g/mol. The van der Waals surface area contributed by atoms with E-state index in [1.165, 1.54) is 18.4 Å². The van der Waals surface area contributed by atoms with Gasteiger partial charge in [-0.3, -0.25) is 9.69 Å². The van der Waals surface area contributed by atoms with Crippen molar-refractivity contribution < 1.29 is 19.7 Å². The van der Waals surface area contributed by atoms with Crippen LogP contribution in [0.1, 0.15) is 48.1 Å². The monoisotopic (exact) mass is 650 g/mol. The van der Waals surface area contributed by atoms with Crippen LogP contribution in [-0.2, 0) is 16.6 Å². The van der Waals surface area contributed by atoms with Gasteiger partial charge in [-0.05, 0) is 90.7 Å². The number of halogens is 2. The zero-order valence-electron chi connectivity index (χ0n) is 20.7. The lowest BCUT2D eigenvalue weighted by atomic mass is 9.48. The van der Waals surface area contributed by atoms with Gasteiger partial charge in [-0.15, -0.1) is 28.3 Å². The third-order valence-corrected chi connectivity index (χ3v) is 11.2. The number of carbonyl (C=O) groups excluding carboxylic acids is 1. The van der Waals surface area contributed by atoms with E-state index in [9.17, 15) is 15.0 Å². The van der Waals surface area contributed by atoms with Gasteiger partial charge in [-0.25, -0.2) is 0 Å². The van der Waals surface area contributed by atoms with E-state index in [1.807, 2.05) is 30.6 Å². The Morgan fingerprint density at radius 3 is 2.86 bits per heavy atom. The van der Waals surface area contributed by atoms with Crippen LogP contribution in [0.3, 0.4) is 0 Å². The molecule has 5 atom stereocenters. The lowest BCUT2D eigenvalue weighted by Gasteiger charge is -2.64. The fraction of sp³-hybridized carbons (Fsp3) is 0.536. The molecular formula is C28H32Br2N2O4S. The Labute approximate surface area is 240 Å².